The van der Waals surface area contributed by atoms with Crippen LogP contribution in [0.2, 0.25) is 0 Å². The van der Waals surface area contributed by atoms with E-state index in [1.807, 2.05) is 0 Å². The number of rotatable bonds is 1. The van der Waals surface area contributed by atoms with E-state index in [2.05, 4.69) is 17.9 Å². The third-order valence-electron chi connectivity index (χ3n) is 3.05. The van der Waals surface area contributed by atoms with Crippen molar-refractivity contribution in [2.24, 2.45) is 0 Å². The third-order valence-corrected chi connectivity index (χ3v) is 3.05. The van der Waals surface area contributed by atoms with Crippen molar-refractivity contribution < 1.29 is 4.79 Å². The van der Waals surface area contributed by atoms with Crippen molar-refractivity contribution in [2.75, 3.05) is 13.1 Å². The monoisotopic (exact) mass is 179 g/mol. The first-order valence-corrected chi connectivity index (χ1v) is 5.23. The van der Waals surface area contributed by atoms with Crippen LogP contribution in [0.3, 0.4) is 0 Å². The zero-order valence-electron chi connectivity index (χ0n) is 8.25. The van der Waals surface area contributed by atoms with E-state index in [0.717, 1.165) is 38.8 Å². The molecule has 0 unspecified atom stereocenters. The van der Waals surface area contributed by atoms with E-state index in [0.29, 0.717) is 11.8 Å². The Morgan fingerprint density at radius 2 is 2.38 bits per heavy atom. The van der Waals surface area contributed by atoms with Gasteiger partial charge in [-0.3, -0.25) is 9.69 Å². The third kappa shape index (κ3) is 1.83. The molecule has 0 aliphatic carbocycles. The minimum absolute atomic E-state index is 0.457. The van der Waals surface area contributed by atoms with Gasteiger partial charge in [-0.2, -0.15) is 0 Å². The Kier molecular flexibility index (Phi) is 2.49. The van der Waals surface area contributed by atoms with Crippen LogP contribution in [-0.2, 0) is 4.79 Å². The van der Waals surface area contributed by atoms with Gasteiger partial charge in [0.2, 0.25) is 0 Å². The van der Waals surface area contributed by atoms with Gasteiger partial charge in [0.05, 0.1) is 0 Å². The second-order valence-corrected chi connectivity index (χ2v) is 4.09. The lowest BCUT2D eigenvalue weighted by Gasteiger charge is -2.27. The Bertz CT molecular complexity index is 244. The van der Waals surface area contributed by atoms with Gasteiger partial charge in [0.15, 0.2) is 0 Å². The zero-order chi connectivity index (χ0) is 9.26. The first kappa shape index (κ1) is 8.95. The van der Waals surface area contributed by atoms with E-state index in [1.165, 1.54) is 0 Å². The van der Waals surface area contributed by atoms with Gasteiger partial charge in [0.1, 0.15) is 5.78 Å². The quantitative estimate of drug-likeness (QED) is 0.572. The molecule has 2 rings (SSSR count). The SMILES string of the molecule is CC/C=C1/C[C@H]2CC(=O)CCN2C1. The van der Waals surface area contributed by atoms with E-state index in [9.17, 15) is 4.79 Å². The Balaban J connectivity index is 2.02. The number of carbonyl (C=O) groups excluding carboxylic acids is 1. The highest BCUT2D eigenvalue weighted by Gasteiger charge is 2.32. The average Bonchev–Trinajstić information content (AvgIpc) is 2.46. The first-order chi connectivity index (χ1) is 6.29. The molecule has 2 aliphatic rings. The van der Waals surface area contributed by atoms with Crippen molar-refractivity contribution in [3.05, 3.63) is 11.6 Å². The molecule has 13 heavy (non-hydrogen) atoms. The molecule has 72 valence electrons. The van der Waals surface area contributed by atoms with Crippen molar-refractivity contribution in [1.29, 1.82) is 0 Å². The maximum Gasteiger partial charge on any atom is 0.135 e. The highest BCUT2D eigenvalue weighted by molar-refractivity contribution is 5.80. The Hall–Kier alpha value is -0.630. The second kappa shape index (κ2) is 3.62. The predicted molar refractivity (Wildman–Crippen MR) is 52.6 cm³/mol. The molecule has 0 aromatic carbocycles. The molecule has 0 aromatic heterocycles. The standard InChI is InChI=1S/C11H17NO/c1-2-3-9-6-10-7-11(13)4-5-12(10)8-9/h3,10H,2,4-8H2,1H3/b9-3-/t10-/m0/s1. The number of nitrogens with zero attached hydrogens (tertiary/aromatic N) is 1. The number of hydrogen-bond donors (Lipinski definition) is 0. The van der Waals surface area contributed by atoms with Gasteiger partial charge in [-0.1, -0.05) is 18.6 Å². The minimum Gasteiger partial charge on any atom is -0.300 e. The number of piperidine rings is 1. The van der Waals surface area contributed by atoms with E-state index in [4.69, 9.17) is 0 Å². The zero-order valence-corrected chi connectivity index (χ0v) is 8.25. The molecule has 0 N–H and O–H groups in total. The smallest absolute Gasteiger partial charge is 0.135 e. The molecule has 2 heterocycles. The number of ketones is 1. The number of fused-ring (bicyclic) bond motifs is 1. The van der Waals surface area contributed by atoms with Crippen molar-refractivity contribution in [1.82, 2.24) is 4.90 Å². The van der Waals surface area contributed by atoms with Crippen LogP contribution < -0.4 is 0 Å². The summed E-state index contributed by atoms with van der Waals surface area (Å²) in [4.78, 5) is 13.7. The van der Waals surface area contributed by atoms with Gasteiger partial charge >= 0.3 is 0 Å². The van der Waals surface area contributed by atoms with Gasteiger partial charge in [-0.25, -0.2) is 0 Å². The minimum atomic E-state index is 0.457. The van der Waals surface area contributed by atoms with Gasteiger partial charge in [0, 0.05) is 32.0 Å². The topological polar surface area (TPSA) is 20.3 Å². The van der Waals surface area contributed by atoms with Crippen LogP contribution in [0.1, 0.15) is 32.6 Å². The van der Waals surface area contributed by atoms with Gasteiger partial charge < -0.3 is 0 Å². The molecule has 0 aromatic rings. The van der Waals surface area contributed by atoms with Crippen LogP contribution in [-0.4, -0.2) is 29.8 Å². The molecule has 1 atom stereocenters. The summed E-state index contributed by atoms with van der Waals surface area (Å²) in [6.45, 7) is 4.28. The fourth-order valence-corrected chi connectivity index (χ4v) is 2.42. The Morgan fingerprint density at radius 1 is 1.54 bits per heavy atom. The molecule has 0 radical (unpaired) electrons. The molecule has 0 bridgehead atoms. The highest BCUT2D eigenvalue weighted by Crippen LogP contribution is 2.28. The summed E-state index contributed by atoms with van der Waals surface area (Å²) in [5.74, 6) is 0.457. The van der Waals surface area contributed by atoms with E-state index >= 15 is 0 Å². The summed E-state index contributed by atoms with van der Waals surface area (Å²) in [6, 6.07) is 0.541. The summed E-state index contributed by atoms with van der Waals surface area (Å²) in [5, 5.41) is 0. The van der Waals surface area contributed by atoms with Crippen LogP contribution >= 0.6 is 0 Å². The Morgan fingerprint density at radius 3 is 3.15 bits per heavy atom. The maximum absolute atomic E-state index is 11.2. The van der Waals surface area contributed by atoms with Crippen molar-refractivity contribution >= 4 is 5.78 Å². The summed E-state index contributed by atoms with van der Waals surface area (Å²) < 4.78 is 0. The van der Waals surface area contributed by atoms with E-state index in [-0.39, 0.29) is 0 Å². The fraction of sp³-hybridized carbons (Fsp3) is 0.727. The lowest BCUT2D eigenvalue weighted by Crippen LogP contribution is -2.37. The molecule has 2 heteroatoms. The van der Waals surface area contributed by atoms with Crippen molar-refractivity contribution in [3.8, 4) is 0 Å². The summed E-state index contributed by atoms with van der Waals surface area (Å²) in [5.41, 5.74) is 1.54. The normalized spacial score (nSPS) is 32.5. The largest absolute Gasteiger partial charge is 0.300 e. The molecule has 0 amide bonds. The maximum atomic E-state index is 11.2. The highest BCUT2D eigenvalue weighted by atomic mass is 16.1. The van der Waals surface area contributed by atoms with Crippen molar-refractivity contribution in [2.45, 2.75) is 38.6 Å². The number of allylic oxidation sites excluding steroid dienone is 1. The first-order valence-electron chi connectivity index (χ1n) is 5.23. The molecule has 2 saturated heterocycles. The van der Waals surface area contributed by atoms with Crippen LogP contribution in [0, 0.1) is 0 Å². The van der Waals surface area contributed by atoms with Gasteiger partial charge in [-0.15, -0.1) is 0 Å². The lowest BCUT2D eigenvalue weighted by molar-refractivity contribution is -0.122. The molecular weight excluding hydrogens is 162 g/mol. The van der Waals surface area contributed by atoms with Crippen LogP contribution in [0.4, 0.5) is 0 Å². The average molecular weight is 179 g/mol. The molecule has 2 nitrogen and oxygen atoms in total. The number of Topliss-reactive ketones (excluding diaryl/α,β-unsaturated/α-hetero) is 1. The molecular formula is C11H17NO. The van der Waals surface area contributed by atoms with E-state index < -0.39 is 0 Å². The number of hydrogen-bond acceptors (Lipinski definition) is 2. The van der Waals surface area contributed by atoms with Gasteiger partial charge in [0.25, 0.3) is 0 Å². The van der Waals surface area contributed by atoms with Crippen molar-refractivity contribution in [3.63, 3.8) is 0 Å². The Labute approximate surface area is 79.6 Å². The molecule has 2 aliphatic heterocycles. The van der Waals surface area contributed by atoms with Crippen LogP contribution in [0.15, 0.2) is 11.6 Å². The van der Waals surface area contributed by atoms with Crippen LogP contribution in [0.25, 0.3) is 0 Å². The summed E-state index contributed by atoms with van der Waals surface area (Å²) >= 11 is 0. The molecule has 2 fully saturated rings. The molecule has 0 spiro atoms. The fourth-order valence-electron chi connectivity index (χ4n) is 2.42. The number of carbonyl (C=O) groups is 1. The van der Waals surface area contributed by atoms with E-state index in [1.54, 1.807) is 5.57 Å². The summed E-state index contributed by atoms with van der Waals surface area (Å²) in [6.07, 6.45) is 6.16. The molecule has 0 saturated carbocycles. The van der Waals surface area contributed by atoms with Crippen LogP contribution in [0.5, 0.6) is 0 Å². The van der Waals surface area contributed by atoms with Gasteiger partial charge in [-0.05, 0) is 12.8 Å². The predicted octanol–water partition coefficient (Wildman–Crippen LogP) is 1.76. The lowest BCUT2D eigenvalue weighted by atomic mass is 10.0. The summed E-state index contributed by atoms with van der Waals surface area (Å²) in [7, 11) is 0. The second-order valence-electron chi connectivity index (χ2n) is 4.09.